The molecule has 0 aliphatic rings. The molecule has 0 unspecified atom stereocenters. The van der Waals surface area contributed by atoms with Crippen LogP contribution in [0.1, 0.15) is 10.4 Å². The Morgan fingerprint density at radius 3 is 2.72 bits per heavy atom. The summed E-state index contributed by atoms with van der Waals surface area (Å²) in [5.74, 6) is -2.60. The first-order valence-corrected chi connectivity index (χ1v) is 4.98. The lowest BCUT2D eigenvalue weighted by Crippen LogP contribution is -2.29. The number of esters is 1. The molecule has 0 bridgehead atoms. The second-order valence-electron chi connectivity index (χ2n) is 3.43. The molecule has 6 nitrogen and oxygen atoms in total. The van der Waals surface area contributed by atoms with Crippen LogP contribution in [0.5, 0.6) is 0 Å². The summed E-state index contributed by atoms with van der Waals surface area (Å²) in [6.45, 7) is -0.912. The molecule has 2 aromatic rings. The number of carboxylic acids is 1. The van der Waals surface area contributed by atoms with E-state index < -0.39 is 24.2 Å². The van der Waals surface area contributed by atoms with Gasteiger partial charge < -0.3 is 19.1 Å². The van der Waals surface area contributed by atoms with E-state index in [0.717, 1.165) is 0 Å². The van der Waals surface area contributed by atoms with Gasteiger partial charge in [0.2, 0.25) is 0 Å². The summed E-state index contributed by atoms with van der Waals surface area (Å²) in [5.41, 5.74) is -0.897. The summed E-state index contributed by atoms with van der Waals surface area (Å²) in [6.07, 6.45) is 0. The number of carbonyl (C=O) groups excluding carboxylic acids is 2. The van der Waals surface area contributed by atoms with Crippen LogP contribution in [0.25, 0.3) is 11.0 Å². The number of fused-ring (bicyclic) bond motifs is 1. The third kappa shape index (κ3) is 2.37. The molecule has 0 spiro atoms. The molecule has 0 radical (unpaired) electrons. The van der Waals surface area contributed by atoms with Gasteiger partial charge in [-0.3, -0.25) is 0 Å². The Morgan fingerprint density at radius 2 is 2.00 bits per heavy atom. The van der Waals surface area contributed by atoms with E-state index in [4.69, 9.17) is 4.42 Å². The lowest BCUT2D eigenvalue weighted by Gasteiger charge is -2.04. The summed E-state index contributed by atoms with van der Waals surface area (Å²) in [5, 5.41) is 10.7. The first kappa shape index (κ1) is 11.8. The molecular weight excluding hydrogens is 240 g/mol. The number of aliphatic carboxylic acids is 1. The minimum Gasteiger partial charge on any atom is -0.546 e. The molecule has 18 heavy (non-hydrogen) atoms. The van der Waals surface area contributed by atoms with E-state index in [1.165, 1.54) is 6.07 Å². The molecule has 1 aromatic heterocycles. The molecule has 1 aromatic carbocycles. The van der Waals surface area contributed by atoms with Crippen LogP contribution in [-0.2, 0) is 9.53 Å². The maximum absolute atomic E-state index is 11.5. The fourth-order valence-electron chi connectivity index (χ4n) is 1.41. The van der Waals surface area contributed by atoms with Crippen LogP contribution >= 0.6 is 0 Å². The lowest BCUT2D eigenvalue weighted by molar-refractivity contribution is -0.308. The largest absolute Gasteiger partial charge is 0.546 e. The quantitative estimate of drug-likeness (QED) is 0.545. The van der Waals surface area contributed by atoms with Crippen molar-refractivity contribution in [3.63, 3.8) is 0 Å². The van der Waals surface area contributed by atoms with Gasteiger partial charge in [0.25, 0.3) is 0 Å². The van der Waals surface area contributed by atoms with Gasteiger partial charge in [-0.1, -0.05) is 18.2 Å². The van der Waals surface area contributed by atoms with E-state index in [1.54, 1.807) is 24.3 Å². The van der Waals surface area contributed by atoms with Crippen molar-refractivity contribution < 1.29 is 23.8 Å². The normalized spacial score (nSPS) is 10.2. The molecule has 92 valence electrons. The van der Waals surface area contributed by atoms with Gasteiger partial charge in [0.05, 0.1) is 5.97 Å². The van der Waals surface area contributed by atoms with E-state index in [1.807, 2.05) is 0 Å². The highest BCUT2D eigenvalue weighted by atomic mass is 16.6. The zero-order valence-corrected chi connectivity index (χ0v) is 9.04. The SMILES string of the molecule is O=C([O-])COC(=O)c1cc2ccccc2oc1=O. The number of carbonyl (C=O) groups is 2. The van der Waals surface area contributed by atoms with Gasteiger partial charge in [-0.05, 0) is 12.1 Å². The van der Waals surface area contributed by atoms with Crippen molar-refractivity contribution in [3.8, 4) is 0 Å². The van der Waals surface area contributed by atoms with Crippen LogP contribution in [-0.4, -0.2) is 18.5 Å². The smallest absolute Gasteiger partial charge is 0.351 e. The summed E-state index contributed by atoms with van der Waals surface area (Å²) < 4.78 is 9.26. The van der Waals surface area contributed by atoms with Gasteiger partial charge in [0.1, 0.15) is 17.8 Å². The van der Waals surface area contributed by atoms with Crippen molar-refractivity contribution in [1.29, 1.82) is 0 Å². The highest BCUT2D eigenvalue weighted by Crippen LogP contribution is 2.12. The van der Waals surface area contributed by atoms with Crippen molar-refractivity contribution in [2.75, 3.05) is 6.61 Å². The minimum atomic E-state index is -1.55. The number of ether oxygens (including phenoxy) is 1. The average Bonchev–Trinajstić information content (AvgIpc) is 2.35. The van der Waals surface area contributed by atoms with Gasteiger partial charge in [0, 0.05) is 5.39 Å². The number of hydrogen-bond acceptors (Lipinski definition) is 6. The molecule has 2 rings (SSSR count). The first-order chi connectivity index (χ1) is 8.58. The molecular formula is C12H7O6-. The third-order valence-corrected chi connectivity index (χ3v) is 2.18. The maximum atomic E-state index is 11.5. The van der Waals surface area contributed by atoms with Gasteiger partial charge in [-0.2, -0.15) is 0 Å². The van der Waals surface area contributed by atoms with Crippen LogP contribution in [0.4, 0.5) is 0 Å². The van der Waals surface area contributed by atoms with Crippen LogP contribution < -0.4 is 10.7 Å². The zero-order valence-electron chi connectivity index (χ0n) is 9.04. The monoisotopic (exact) mass is 247 g/mol. The van der Waals surface area contributed by atoms with Crippen molar-refractivity contribution >= 4 is 22.9 Å². The second kappa shape index (κ2) is 4.70. The molecule has 0 aliphatic carbocycles. The molecule has 0 N–H and O–H groups in total. The van der Waals surface area contributed by atoms with E-state index in [9.17, 15) is 19.5 Å². The summed E-state index contributed by atoms with van der Waals surface area (Å²) >= 11 is 0. The van der Waals surface area contributed by atoms with Crippen LogP contribution in [0.3, 0.4) is 0 Å². The fraction of sp³-hybridized carbons (Fsp3) is 0.0833. The summed E-state index contributed by atoms with van der Waals surface area (Å²) in [7, 11) is 0. The Bertz CT molecular complexity index is 670. The van der Waals surface area contributed by atoms with Crippen LogP contribution in [0.15, 0.2) is 39.5 Å². The van der Waals surface area contributed by atoms with Crippen LogP contribution in [0.2, 0.25) is 0 Å². The van der Waals surface area contributed by atoms with Crippen molar-refractivity contribution in [2.24, 2.45) is 0 Å². The molecule has 0 amide bonds. The topological polar surface area (TPSA) is 96.6 Å². The molecule has 0 saturated carbocycles. The predicted octanol–water partition coefficient (Wildman–Crippen LogP) is -0.300. The van der Waals surface area contributed by atoms with Gasteiger partial charge in [0.15, 0.2) is 0 Å². The number of carboxylic acid groups (broad SMARTS) is 1. The van der Waals surface area contributed by atoms with Crippen molar-refractivity contribution in [1.82, 2.24) is 0 Å². The Kier molecular flexibility index (Phi) is 3.09. The summed E-state index contributed by atoms with van der Waals surface area (Å²) in [4.78, 5) is 33.1. The number of hydrogen-bond donors (Lipinski definition) is 0. The molecule has 0 fully saturated rings. The standard InChI is InChI=1S/C12H8O6/c13-10(14)6-17-11(15)8-5-7-3-1-2-4-9(7)18-12(8)16/h1-5H,6H2,(H,13,14)/p-1. The van der Waals surface area contributed by atoms with Crippen LogP contribution in [0, 0.1) is 0 Å². The third-order valence-electron chi connectivity index (χ3n) is 2.18. The van der Waals surface area contributed by atoms with Gasteiger partial charge >= 0.3 is 11.6 Å². The lowest BCUT2D eigenvalue weighted by atomic mass is 10.2. The highest BCUT2D eigenvalue weighted by molar-refractivity contribution is 5.93. The van der Waals surface area contributed by atoms with E-state index in [-0.39, 0.29) is 5.56 Å². The molecule has 1 heterocycles. The zero-order chi connectivity index (χ0) is 13.1. The maximum Gasteiger partial charge on any atom is 0.351 e. The highest BCUT2D eigenvalue weighted by Gasteiger charge is 2.14. The number of para-hydroxylation sites is 1. The van der Waals surface area contributed by atoms with E-state index >= 15 is 0 Å². The van der Waals surface area contributed by atoms with Crippen molar-refractivity contribution in [3.05, 3.63) is 46.3 Å². The van der Waals surface area contributed by atoms with Gasteiger partial charge in [-0.15, -0.1) is 0 Å². The van der Waals surface area contributed by atoms with E-state index in [0.29, 0.717) is 11.0 Å². The van der Waals surface area contributed by atoms with Gasteiger partial charge in [-0.25, -0.2) is 9.59 Å². The fourth-order valence-corrected chi connectivity index (χ4v) is 1.41. The molecule has 0 saturated heterocycles. The Labute approximate surface area is 100 Å². The number of benzene rings is 1. The number of rotatable bonds is 3. The minimum absolute atomic E-state index is 0.332. The van der Waals surface area contributed by atoms with E-state index in [2.05, 4.69) is 4.74 Å². The first-order valence-electron chi connectivity index (χ1n) is 4.98. The average molecular weight is 247 g/mol. The Morgan fingerprint density at radius 1 is 1.28 bits per heavy atom. The molecule has 0 atom stereocenters. The second-order valence-corrected chi connectivity index (χ2v) is 3.43. The Balaban J connectivity index is 2.38. The summed E-state index contributed by atoms with van der Waals surface area (Å²) in [6, 6.07) is 7.90. The predicted molar refractivity (Wildman–Crippen MR) is 57.8 cm³/mol. The van der Waals surface area contributed by atoms with Crippen molar-refractivity contribution in [2.45, 2.75) is 0 Å². The Hall–Kier alpha value is -2.63. The molecule has 6 heteroatoms. The molecule has 0 aliphatic heterocycles.